The lowest BCUT2D eigenvalue weighted by atomic mass is 9.84. The predicted octanol–water partition coefficient (Wildman–Crippen LogP) is 2.19. The zero-order valence-electron chi connectivity index (χ0n) is 7.95. The van der Waals surface area contributed by atoms with Crippen molar-refractivity contribution in [3.63, 3.8) is 0 Å². The highest BCUT2D eigenvalue weighted by molar-refractivity contribution is 7.86. The third kappa shape index (κ3) is 1.24. The van der Waals surface area contributed by atoms with E-state index in [0.29, 0.717) is 5.25 Å². The van der Waals surface area contributed by atoms with E-state index >= 15 is 0 Å². The maximum absolute atomic E-state index is 11.7. The number of hydrogen-bond donors (Lipinski definition) is 0. The Morgan fingerprint density at radius 3 is 2.75 bits per heavy atom. The molecular formula is C10H18OS. The summed E-state index contributed by atoms with van der Waals surface area (Å²) in [5, 5.41) is 0.581. The summed E-state index contributed by atoms with van der Waals surface area (Å²) in [6, 6.07) is 0. The fourth-order valence-corrected chi connectivity index (χ4v) is 5.31. The fourth-order valence-electron chi connectivity index (χ4n) is 2.89. The van der Waals surface area contributed by atoms with Gasteiger partial charge in [0.05, 0.1) is 0 Å². The highest BCUT2D eigenvalue weighted by Crippen LogP contribution is 2.44. The average Bonchev–Trinajstić information content (AvgIpc) is 2.53. The molecule has 12 heavy (non-hydrogen) atoms. The molecule has 0 bridgehead atoms. The lowest BCUT2D eigenvalue weighted by Crippen LogP contribution is -2.18. The normalized spacial score (nSPS) is 46.9. The number of hydrogen-bond acceptors (Lipinski definition) is 1. The van der Waals surface area contributed by atoms with Crippen LogP contribution in [0.3, 0.4) is 0 Å². The highest BCUT2D eigenvalue weighted by Gasteiger charge is 2.44. The van der Waals surface area contributed by atoms with Crippen molar-refractivity contribution in [2.24, 2.45) is 17.8 Å². The van der Waals surface area contributed by atoms with Gasteiger partial charge in [-0.2, -0.15) is 0 Å². The second kappa shape index (κ2) is 3.13. The zero-order valence-corrected chi connectivity index (χ0v) is 8.77. The van der Waals surface area contributed by atoms with Crippen molar-refractivity contribution in [2.75, 3.05) is 5.75 Å². The topological polar surface area (TPSA) is 17.1 Å². The van der Waals surface area contributed by atoms with Crippen LogP contribution in [0.15, 0.2) is 0 Å². The summed E-state index contributed by atoms with van der Waals surface area (Å²) >= 11 is 0. The molecule has 4 unspecified atom stereocenters. The summed E-state index contributed by atoms with van der Waals surface area (Å²) in [5.74, 6) is 3.30. The van der Waals surface area contributed by atoms with Gasteiger partial charge >= 0.3 is 0 Å². The van der Waals surface area contributed by atoms with Gasteiger partial charge < -0.3 is 0 Å². The van der Waals surface area contributed by atoms with E-state index in [1.54, 1.807) is 0 Å². The van der Waals surface area contributed by atoms with Crippen LogP contribution in [0.5, 0.6) is 0 Å². The molecule has 0 aromatic heterocycles. The van der Waals surface area contributed by atoms with Crippen LogP contribution in [0.1, 0.15) is 33.1 Å². The molecular weight excluding hydrogens is 168 g/mol. The van der Waals surface area contributed by atoms with Gasteiger partial charge in [0.2, 0.25) is 0 Å². The van der Waals surface area contributed by atoms with Crippen LogP contribution in [0.4, 0.5) is 0 Å². The Labute approximate surface area is 77.4 Å². The van der Waals surface area contributed by atoms with E-state index in [4.69, 9.17) is 0 Å². The van der Waals surface area contributed by atoms with Crippen molar-refractivity contribution in [1.82, 2.24) is 0 Å². The Morgan fingerprint density at radius 1 is 1.33 bits per heavy atom. The molecule has 1 aliphatic heterocycles. The van der Waals surface area contributed by atoms with Gasteiger partial charge in [0.1, 0.15) is 0 Å². The molecule has 1 nitrogen and oxygen atoms in total. The monoisotopic (exact) mass is 186 g/mol. The molecule has 1 heterocycles. The van der Waals surface area contributed by atoms with Gasteiger partial charge in [-0.25, -0.2) is 0 Å². The summed E-state index contributed by atoms with van der Waals surface area (Å²) in [6.45, 7) is 4.56. The second-order valence-electron chi connectivity index (χ2n) is 4.59. The van der Waals surface area contributed by atoms with Gasteiger partial charge in [-0.3, -0.25) is 4.21 Å². The van der Waals surface area contributed by atoms with Crippen molar-refractivity contribution in [2.45, 2.75) is 38.4 Å². The molecule has 0 radical (unpaired) electrons. The molecule has 0 aromatic carbocycles. The van der Waals surface area contributed by atoms with Crippen LogP contribution in [0.2, 0.25) is 0 Å². The summed E-state index contributed by atoms with van der Waals surface area (Å²) in [7, 11) is -0.479. The summed E-state index contributed by atoms with van der Waals surface area (Å²) in [6.07, 6.45) is 3.91. The highest BCUT2D eigenvalue weighted by atomic mass is 32.2. The minimum Gasteiger partial charge on any atom is -0.259 e. The summed E-state index contributed by atoms with van der Waals surface area (Å²) in [4.78, 5) is 0. The average molecular weight is 186 g/mol. The van der Waals surface area contributed by atoms with Crippen LogP contribution < -0.4 is 0 Å². The van der Waals surface area contributed by atoms with Crippen LogP contribution in [0.25, 0.3) is 0 Å². The van der Waals surface area contributed by atoms with Crippen LogP contribution in [0, 0.1) is 17.8 Å². The van der Waals surface area contributed by atoms with Crippen molar-refractivity contribution in [3.8, 4) is 0 Å². The van der Waals surface area contributed by atoms with E-state index in [1.165, 1.54) is 19.3 Å². The van der Waals surface area contributed by atoms with Crippen LogP contribution >= 0.6 is 0 Å². The smallest absolute Gasteiger partial charge is 0.0379 e. The van der Waals surface area contributed by atoms with Gasteiger partial charge in [0, 0.05) is 21.8 Å². The van der Waals surface area contributed by atoms with E-state index in [1.807, 2.05) is 0 Å². The van der Waals surface area contributed by atoms with E-state index < -0.39 is 10.8 Å². The Hall–Kier alpha value is 0.150. The van der Waals surface area contributed by atoms with E-state index in [0.717, 1.165) is 23.5 Å². The first-order chi connectivity index (χ1) is 5.70. The third-order valence-corrected chi connectivity index (χ3v) is 5.58. The summed E-state index contributed by atoms with van der Waals surface area (Å²) in [5.41, 5.74) is 0. The largest absolute Gasteiger partial charge is 0.259 e. The maximum Gasteiger partial charge on any atom is 0.0379 e. The maximum atomic E-state index is 11.7. The standard InChI is InChI=1S/C10H18OS/c1-7(2)9-6-12(11)10-5-3-4-8(9)10/h7-10H,3-6H2,1-2H3. The van der Waals surface area contributed by atoms with Crippen molar-refractivity contribution in [3.05, 3.63) is 0 Å². The third-order valence-electron chi connectivity index (χ3n) is 3.60. The van der Waals surface area contributed by atoms with Crippen molar-refractivity contribution in [1.29, 1.82) is 0 Å². The molecule has 0 amide bonds. The molecule has 2 fully saturated rings. The molecule has 1 aliphatic carbocycles. The fraction of sp³-hybridized carbons (Fsp3) is 1.00. The molecule has 0 N–H and O–H groups in total. The van der Waals surface area contributed by atoms with Gasteiger partial charge in [-0.05, 0) is 30.6 Å². The first kappa shape index (κ1) is 8.74. The first-order valence-corrected chi connectivity index (χ1v) is 6.45. The molecule has 2 rings (SSSR count). The quantitative estimate of drug-likeness (QED) is 0.613. The molecule has 1 saturated heterocycles. The minimum atomic E-state index is -0.479. The number of rotatable bonds is 1. The Balaban J connectivity index is 2.14. The SMILES string of the molecule is CC(C)C1CS(=O)C2CCCC12. The molecule has 70 valence electrons. The van der Waals surface area contributed by atoms with Gasteiger partial charge in [0.25, 0.3) is 0 Å². The van der Waals surface area contributed by atoms with E-state index in [2.05, 4.69) is 13.8 Å². The van der Waals surface area contributed by atoms with Crippen molar-refractivity contribution < 1.29 is 4.21 Å². The van der Waals surface area contributed by atoms with Crippen molar-refractivity contribution >= 4 is 10.8 Å². The Bertz CT molecular complexity index is 200. The van der Waals surface area contributed by atoms with Gasteiger partial charge in [-0.15, -0.1) is 0 Å². The Morgan fingerprint density at radius 2 is 2.08 bits per heavy atom. The zero-order chi connectivity index (χ0) is 8.72. The van der Waals surface area contributed by atoms with Gasteiger partial charge in [0.15, 0.2) is 0 Å². The predicted molar refractivity (Wildman–Crippen MR) is 52.5 cm³/mol. The van der Waals surface area contributed by atoms with Crippen LogP contribution in [-0.2, 0) is 10.8 Å². The van der Waals surface area contributed by atoms with Crippen LogP contribution in [-0.4, -0.2) is 15.2 Å². The molecule has 4 atom stereocenters. The second-order valence-corrected chi connectivity index (χ2v) is 6.29. The lowest BCUT2D eigenvalue weighted by molar-refractivity contribution is 0.309. The van der Waals surface area contributed by atoms with E-state index in [9.17, 15) is 4.21 Å². The van der Waals surface area contributed by atoms with E-state index in [-0.39, 0.29) is 0 Å². The van der Waals surface area contributed by atoms with Gasteiger partial charge in [-0.1, -0.05) is 20.3 Å². The molecule has 0 spiro atoms. The molecule has 2 aliphatic rings. The molecule has 2 heteroatoms. The first-order valence-electron chi connectivity index (χ1n) is 5.07. The lowest BCUT2D eigenvalue weighted by Gasteiger charge is -2.20. The number of fused-ring (bicyclic) bond motifs is 1. The minimum absolute atomic E-state index is 0.479. The molecule has 0 aromatic rings. The Kier molecular flexibility index (Phi) is 2.28. The molecule has 1 saturated carbocycles. The summed E-state index contributed by atoms with van der Waals surface area (Å²) < 4.78 is 11.7.